The first-order chi connectivity index (χ1) is 6.69. The molecule has 5 heteroatoms. The van der Waals surface area contributed by atoms with Gasteiger partial charge in [0, 0.05) is 0 Å². The van der Waals surface area contributed by atoms with Crippen molar-refractivity contribution in [2.75, 3.05) is 12.0 Å². The summed E-state index contributed by atoms with van der Waals surface area (Å²) in [6.07, 6.45) is 1.77. The molecule has 0 saturated heterocycles. The first kappa shape index (κ1) is 10.8. The Bertz CT molecular complexity index is 304. The second-order valence-electron chi connectivity index (χ2n) is 3.04. The number of halogens is 2. The van der Waals surface area contributed by atoms with E-state index in [9.17, 15) is 8.78 Å². The SMILES string of the molecule is CCc1ncnc(NC(C)CF)c1F. The molecule has 0 saturated carbocycles. The molecule has 1 atom stereocenters. The lowest BCUT2D eigenvalue weighted by molar-refractivity contribution is 0.457. The minimum atomic E-state index is -0.565. The third-order valence-electron chi connectivity index (χ3n) is 1.81. The third kappa shape index (κ3) is 2.37. The lowest BCUT2D eigenvalue weighted by Gasteiger charge is -2.11. The largest absolute Gasteiger partial charge is 0.362 e. The van der Waals surface area contributed by atoms with Crippen molar-refractivity contribution < 1.29 is 8.78 Å². The van der Waals surface area contributed by atoms with Crippen LogP contribution in [-0.2, 0) is 6.42 Å². The quantitative estimate of drug-likeness (QED) is 0.809. The van der Waals surface area contributed by atoms with Gasteiger partial charge in [-0.25, -0.2) is 18.7 Å². The van der Waals surface area contributed by atoms with Gasteiger partial charge in [-0.05, 0) is 13.3 Å². The number of rotatable bonds is 4. The lowest BCUT2D eigenvalue weighted by atomic mass is 10.3. The smallest absolute Gasteiger partial charge is 0.186 e. The van der Waals surface area contributed by atoms with Gasteiger partial charge in [-0.3, -0.25) is 0 Å². The summed E-state index contributed by atoms with van der Waals surface area (Å²) < 4.78 is 25.6. The molecule has 1 aromatic heterocycles. The fourth-order valence-electron chi connectivity index (χ4n) is 1.03. The number of aryl methyl sites for hydroxylation is 1. The molecule has 1 aromatic rings. The van der Waals surface area contributed by atoms with Crippen LogP contribution in [0.1, 0.15) is 19.5 Å². The van der Waals surface area contributed by atoms with Gasteiger partial charge in [0.25, 0.3) is 0 Å². The molecular weight excluding hydrogens is 188 g/mol. The van der Waals surface area contributed by atoms with Gasteiger partial charge in [-0.2, -0.15) is 0 Å². The molecule has 0 aliphatic carbocycles. The van der Waals surface area contributed by atoms with E-state index in [4.69, 9.17) is 0 Å². The minimum Gasteiger partial charge on any atom is -0.362 e. The van der Waals surface area contributed by atoms with E-state index >= 15 is 0 Å². The first-order valence-corrected chi connectivity index (χ1v) is 4.50. The number of hydrogen-bond donors (Lipinski definition) is 1. The predicted octanol–water partition coefficient (Wildman–Crippen LogP) is 1.95. The van der Waals surface area contributed by atoms with Crippen LogP contribution in [0, 0.1) is 5.82 Å². The van der Waals surface area contributed by atoms with E-state index in [-0.39, 0.29) is 5.82 Å². The molecular formula is C9H13F2N3. The third-order valence-corrected chi connectivity index (χ3v) is 1.81. The lowest BCUT2D eigenvalue weighted by Crippen LogP contribution is -2.19. The van der Waals surface area contributed by atoms with Crippen molar-refractivity contribution in [2.24, 2.45) is 0 Å². The molecule has 1 rings (SSSR count). The molecule has 3 nitrogen and oxygen atoms in total. The Morgan fingerprint density at radius 1 is 1.50 bits per heavy atom. The Labute approximate surface area is 81.6 Å². The van der Waals surface area contributed by atoms with E-state index < -0.39 is 18.5 Å². The second kappa shape index (κ2) is 4.83. The number of aromatic nitrogens is 2. The van der Waals surface area contributed by atoms with Crippen LogP contribution in [0.15, 0.2) is 6.33 Å². The normalized spacial score (nSPS) is 12.6. The van der Waals surface area contributed by atoms with E-state index in [1.807, 2.05) is 0 Å². The Kier molecular flexibility index (Phi) is 3.73. The summed E-state index contributed by atoms with van der Waals surface area (Å²) in [5.41, 5.74) is 0.341. The highest BCUT2D eigenvalue weighted by Crippen LogP contribution is 2.13. The van der Waals surface area contributed by atoms with Crippen molar-refractivity contribution in [1.29, 1.82) is 0 Å². The summed E-state index contributed by atoms with van der Waals surface area (Å²) in [4.78, 5) is 7.48. The van der Waals surface area contributed by atoms with Gasteiger partial charge in [0.05, 0.1) is 11.7 Å². The predicted molar refractivity (Wildman–Crippen MR) is 50.4 cm³/mol. The fraction of sp³-hybridized carbons (Fsp3) is 0.556. The van der Waals surface area contributed by atoms with Crippen LogP contribution in [0.5, 0.6) is 0 Å². The second-order valence-corrected chi connectivity index (χ2v) is 3.04. The number of alkyl halides is 1. The topological polar surface area (TPSA) is 37.8 Å². The van der Waals surface area contributed by atoms with Crippen LogP contribution in [0.25, 0.3) is 0 Å². The Morgan fingerprint density at radius 3 is 2.79 bits per heavy atom. The van der Waals surface area contributed by atoms with Gasteiger partial charge >= 0.3 is 0 Å². The summed E-state index contributed by atoms with van der Waals surface area (Å²) in [7, 11) is 0. The Hall–Kier alpha value is -1.26. The van der Waals surface area contributed by atoms with E-state index in [1.165, 1.54) is 6.33 Å². The van der Waals surface area contributed by atoms with Crippen molar-refractivity contribution in [2.45, 2.75) is 26.3 Å². The average molecular weight is 201 g/mol. The molecule has 0 aliphatic heterocycles. The molecule has 0 fully saturated rings. The van der Waals surface area contributed by atoms with Crippen molar-refractivity contribution in [1.82, 2.24) is 9.97 Å². The van der Waals surface area contributed by atoms with Gasteiger partial charge in [0.15, 0.2) is 11.6 Å². The summed E-state index contributed by atoms with van der Waals surface area (Å²) in [6, 6.07) is -0.441. The van der Waals surface area contributed by atoms with E-state index in [0.29, 0.717) is 12.1 Å². The zero-order chi connectivity index (χ0) is 10.6. The van der Waals surface area contributed by atoms with Crippen LogP contribution >= 0.6 is 0 Å². The first-order valence-electron chi connectivity index (χ1n) is 4.50. The van der Waals surface area contributed by atoms with Gasteiger partial charge in [-0.1, -0.05) is 6.92 Å². The van der Waals surface area contributed by atoms with Crippen LogP contribution in [0.4, 0.5) is 14.6 Å². The molecule has 0 spiro atoms. The van der Waals surface area contributed by atoms with Crippen LogP contribution in [0.3, 0.4) is 0 Å². The molecule has 0 amide bonds. The van der Waals surface area contributed by atoms with Gasteiger partial charge in [0.2, 0.25) is 0 Å². The zero-order valence-corrected chi connectivity index (χ0v) is 8.22. The molecule has 0 radical (unpaired) electrons. The van der Waals surface area contributed by atoms with Crippen molar-refractivity contribution in [3.8, 4) is 0 Å². The van der Waals surface area contributed by atoms with Crippen molar-refractivity contribution in [3.05, 3.63) is 17.8 Å². The summed E-state index contributed by atoms with van der Waals surface area (Å²) >= 11 is 0. The zero-order valence-electron chi connectivity index (χ0n) is 8.22. The molecule has 78 valence electrons. The highest BCUT2D eigenvalue weighted by Gasteiger charge is 2.11. The maximum atomic E-state index is 13.5. The summed E-state index contributed by atoms with van der Waals surface area (Å²) in [5.74, 6) is -0.419. The number of anilines is 1. The summed E-state index contributed by atoms with van der Waals surface area (Å²) in [5, 5.41) is 2.63. The van der Waals surface area contributed by atoms with E-state index in [2.05, 4.69) is 15.3 Å². The maximum absolute atomic E-state index is 13.5. The number of nitrogens with zero attached hydrogens (tertiary/aromatic N) is 2. The molecule has 1 heterocycles. The minimum absolute atomic E-state index is 0.0713. The Morgan fingerprint density at radius 2 is 2.21 bits per heavy atom. The van der Waals surface area contributed by atoms with Crippen LogP contribution in [-0.4, -0.2) is 22.7 Å². The van der Waals surface area contributed by atoms with Gasteiger partial charge in [-0.15, -0.1) is 0 Å². The van der Waals surface area contributed by atoms with Gasteiger partial charge in [0.1, 0.15) is 13.0 Å². The number of hydrogen-bond acceptors (Lipinski definition) is 3. The van der Waals surface area contributed by atoms with E-state index in [1.54, 1.807) is 13.8 Å². The molecule has 0 bridgehead atoms. The highest BCUT2D eigenvalue weighted by atomic mass is 19.1. The van der Waals surface area contributed by atoms with Crippen LogP contribution < -0.4 is 5.32 Å². The van der Waals surface area contributed by atoms with E-state index in [0.717, 1.165) is 0 Å². The average Bonchev–Trinajstić information content (AvgIpc) is 2.21. The monoisotopic (exact) mass is 201 g/mol. The molecule has 1 N–H and O–H groups in total. The fourth-order valence-corrected chi connectivity index (χ4v) is 1.03. The van der Waals surface area contributed by atoms with Gasteiger partial charge < -0.3 is 5.32 Å². The molecule has 0 aromatic carbocycles. The number of nitrogens with one attached hydrogen (secondary N) is 1. The standard InChI is InChI=1S/C9H13F2N3/c1-3-7-8(11)9(13-5-12-7)14-6(2)4-10/h5-6H,3-4H2,1-2H3,(H,12,13,14). The van der Waals surface area contributed by atoms with Crippen molar-refractivity contribution >= 4 is 5.82 Å². The molecule has 0 aliphatic rings. The van der Waals surface area contributed by atoms with Crippen molar-refractivity contribution in [3.63, 3.8) is 0 Å². The summed E-state index contributed by atoms with van der Waals surface area (Å²) in [6.45, 7) is 2.85. The molecule has 1 unspecified atom stereocenters. The highest BCUT2D eigenvalue weighted by molar-refractivity contribution is 5.38. The molecule has 14 heavy (non-hydrogen) atoms. The van der Waals surface area contributed by atoms with Crippen LogP contribution in [0.2, 0.25) is 0 Å². The Balaban J connectivity index is 2.86. The maximum Gasteiger partial charge on any atom is 0.186 e.